The van der Waals surface area contributed by atoms with Crippen LogP contribution in [0.25, 0.3) is 21.3 Å². The Morgan fingerprint density at radius 2 is 1.94 bits per heavy atom. The van der Waals surface area contributed by atoms with Crippen molar-refractivity contribution in [1.82, 2.24) is 14.8 Å². The Kier molecular flexibility index (Phi) is 5.50. The zero-order valence-corrected chi connectivity index (χ0v) is 18.5. The fourth-order valence-corrected chi connectivity index (χ4v) is 5.29. The summed E-state index contributed by atoms with van der Waals surface area (Å²) in [4.78, 5) is 20.4. The van der Waals surface area contributed by atoms with Gasteiger partial charge in [-0.1, -0.05) is 18.2 Å². The van der Waals surface area contributed by atoms with Gasteiger partial charge in [-0.05, 0) is 49.1 Å². The van der Waals surface area contributed by atoms with Crippen molar-refractivity contribution in [2.24, 2.45) is 0 Å². The number of benzene rings is 2. The number of carbonyl (C=O) groups is 1. The largest absolute Gasteiger partial charge is 0.363 e. The molecule has 2 aromatic carbocycles. The molecule has 1 amide bonds. The molecular formula is C24H26FN3O2S. The van der Waals surface area contributed by atoms with Crippen LogP contribution in [0.3, 0.4) is 0 Å². The highest BCUT2D eigenvalue weighted by atomic mass is 32.1. The van der Waals surface area contributed by atoms with Gasteiger partial charge in [-0.3, -0.25) is 9.69 Å². The summed E-state index contributed by atoms with van der Waals surface area (Å²) in [5, 5.41) is 0. The highest BCUT2D eigenvalue weighted by Gasteiger charge is 2.41. The van der Waals surface area contributed by atoms with Gasteiger partial charge >= 0.3 is 0 Å². The summed E-state index contributed by atoms with van der Waals surface area (Å²) in [5.41, 5.74) is 5.10. The van der Waals surface area contributed by atoms with Gasteiger partial charge in [0.15, 0.2) is 0 Å². The SMILES string of the molecule is CCN1CC2(CCN(Cc3ccc(-c4ccc5scnc5c4)cc3F)CC2)OCC1=O. The number of morpholine rings is 1. The van der Waals surface area contributed by atoms with Crippen LogP contribution in [0.4, 0.5) is 4.39 Å². The highest BCUT2D eigenvalue weighted by Crippen LogP contribution is 2.32. The Labute approximate surface area is 185 Å². The number of rotatable bonds is 4. The molecule has 3 heterocycles. The van der Waals surface area contributed by atoms with E-state index in [9.17, 15) is 9.18 Å². The second-order valence-electron chi connectivity index (χ2n) is 8.50. The zero-order chi connectivity index (χ0) is 21.4. The quantitative estimate of drug-likeness (QED) is 0.608. The van der Waals surface area contributed by atoms with Crippen LogP contribution >= 0.6 is 11.3 Å². The molecule has 0 radical (unpaired) electrons. The molecule has 2 aliphatic rings. The number of ether oxygens (including phenoxy) is 1. The van der Waals surface area contributed by atoms with Gasteiger partial charge in [0, 0.05) is 38.3 Å². The molecule has 1 spiro atoms. The topological polar surface area (TPSA) is 45.7 Å². The monoisotopic (exact) mass is 439 g/mol. The van der Waals surface area contributed by atoms with Gasteiger partial charge in [0.2, 0.25) is 5.91 Å². The molecular weight excluding hydrogens is 413 g/mol. The first-order valence-corrected chi connectivity index (χ1v) is 11.7. The fraction of sp³-hybridized carbons (Fsp3) is 0.417. The molecule has 3 aromatic rings. The molecule has 7 heteroatoms. The van der Waals surface area contributed by atoms with E-state index >= 15 is 0 Å². The maximum atomic E-state index is 14.9. The van der Waals surface area contributed by atoms with E-state index in [1.807, 2.05) is 47.7 Å². The number of piperidine rings is 1. The Morgan fingerprint density at radius 1 is 1.16 bits per heavy atom. The maximum absolute atomic E-state index is 14.9. The second kappa shape index (κ2) is 8.30. The lowest BCUT2D eigenvalue weighted by atomic mass is 9.89. The number of thiazole rings is 1. The van der Waals surface area contributed by atoms with Crippen molar-refractivity contribution in [2.75, 3.05) is 32.8 Å². The van der Waals surface area contributed by atoms with Crippen molar-refractivity contribution >= 4 is 27.5 Å². The van der Waals surface area contributed by atoms with E-state index < -0.39 is 0 Å². The fourth-order valence-electron chi connectivity index (χ4n) is 4.63. The molecule has 0 bridgehead atoms. The predicted molar refractivity (Wildman–Crippen MR) is 120 cm³/mol. The number of aromatic nitrogens is 1. The average Bonchev–Trinajstić information content (AvgIpc) is 3.26. The minimum Gasteiger partial charge on any atom is -0.363 e. The number of carbonyl (C=O) groups excluding carboxylic acids is 1. The molecule has 31 heavy (non-hydrogen) atoms. The van der Waals surface area contributed by atoms with Crippen LogP contribution in [0.2, 0.25) is 0 Å². The van der Waals surface area contributed by atoms with Gasteiger partial charge in [0.25, 0.3) is 0 Å². The number of amides is 1. The Hall–Kier alpha value is -2.35. The van der Waals surface area contributed by atoms with Crippen LogP contribution in [-0.2, 0) is 16.1 Å². The molecule has 5 nitrogen and oxygen atoms in total. The van der Waals surface area contributed by atoms with Gasteiger partial charge in [-0.25, -0.2) is 9.37 Å². The van der Waals surface area contributed by atoms with E-state index in [-0.39, 0.29) is 23.9 Å². The molecule has 0 unspecified atom stereocenters. The number of nitrogens with zero attached hydrogens (tertiary/aromatic N) is 3. The summed E-state index contributed by atoms with van der Waals surface area (Å²) in [6.45, 7) is 5.85. The number of hydrogen-bond donors (Lipinski definition) is 0. The lowest BCUT2D eigenvalue weighted by Crippen LogP contribution is -2.58. The summed E-state index contributed by atoms with van der Waals surface area (Å²) >= 11 is 1.61. The lowest BCUT2D eigenvalue weighted by molar-refractivity contribution is -0.171. The first-order chi connectivity index (χ1) is 15.0. The summed E-state index contributed by atoms with van der Waals surface area (Å²) in [7, 11) is 0. The van der Waals surface area contributed by atoms with E-state index in [0.29, 0.717) is 18.7 Å². The molecule has 0 saturated carbocycles. The minimum absolute atomic E-state index is 0.0756. The molecule has 5 rings (SSSR count). The smallest absolute Gasteiger partial charge is 0.248 e. The number of fused-ring (bicyclic) bond motifs is 1. The molecule has 2 saturated heterocycles. The van der Waals surface area contributed by atoms with Crippen molar-refractivity contribution in [3.63, 3.8) is 0 Å². The third-order valence-corrected chi connectivity index (χ3v) is 7.40. The van der Waals surface area contributed by atoms with Gasteiger partial charge in [0.05, 0.1) is 21.3 Å². The Morgan fingerprint density at radius 3 is 2.71 bits per heavy atom. The highest BCUT2D eigenvalue weighted by molar-refractivity contribution is 7.16. The van der Waals surface area contributed by atoms with Crippen molar-refractivity contribution in [3.8, 4) is 11.1 Å². The third kappa shape index (κ3) is 4.10. The van der Waals surface area contributed by atoms with E-state index in [2.05, 4.69) is 9.88 Å². The zero-order valence-electron chi connectivity index (χ0n) is 17.6. The Bertz CT molecular complexity index is 1110. The molecule has 2 aliphatic heterocycles. The van der Waals surface area contributed by atoms with Crippen LogP contribution in [0.1, 0.15) is 25.3 Å². The van der Waals surface area contributed by atoms with Gasteiger partial charge in [-0.15, -0.1) is 11.3 Å². The molecule has 0 atom stereocenters. The summed E-state index contributed by atoms with van der Waals surface area (Å²) in [6.07, 6.45) is 1.73. The van der Waals surface area contributed by atoms with Crippen molar-refractivity contribution in [3.05, 3.63) is 53.3 Å². The van der Waals surface area contributed by atoms with E-state index in [4.69, 9.17) is 4.74 Å². The van der Waals surface area contributed by atoms with Crippen LogP contribution in [0.15, 0.2) is 41.9 Å². The Balaban J connectivity index is 1.24. The second-order valence-corrected chi connectivity index (χ2v) is 9.38. The summed E-state index contributed by atoms with van der Waals surface area (Å²) in [6, 6.07) is 11.6. The normalized spacial score (nSPS) is 19.4. The summed E-state index contributed by atoms with van der Waals surface area (Å²) in [5.74, 6) is -0.0977. The number of likely N-dealkylation sites (N-methyl/N-ethyl adjacent to an activating group) is 1. The van der Waals surface area contributed by atoms with Gasteiger partial charge < -0.3 is 9.64 Å². The van der Waals surface area contributed by atoms with Crippen molar-refractivity contribution in [1.29, 1.82) is 0 Å². The number of likely N-dealkylation sites (tertiary alicyclic amines) is 1. The first-order valence-electron chi connectivity index (χ1n) is 10.8. The van der Waals surface area contributed by atoms with Crippen LogP contribution < -0.4 is 0 Å². The minimum atomic E-state index is -0.239. The van der Waals surface area contributed by atoms with Crippen molar-refractivity contribution in [2.45, 2.75) is 31.9 Å². The van der Waals surface area contributed by atoms with Gasteiger partial charge in [-0.2, -0.15) is 0 Å². The van der Waals surface area contributed by atoms with E-state index in [1.165, 1.54) is 0 Å². The van der Waals surface area contributed by atoms with Crippen LogP contribution in [0.5, 0.6) is 0 Å². The number of hydrogen-bond acceptors (Lipinski definition) is 5. The van der Waals surface area contributed by atoms with E-state index in [1.54, 1.807) is 17.4 Å². The molecule has 0 N–H and O–H groups in total. The van der Waals surface area contributed by atoms with Gasteiger partial charge in [0.1, 0.15) is 12.4 Å². The van der Waals surface area contributed by atoms with E-state index in [0.717, 1.165) is 53.8 Å². The molecule has 2 fully saturated rings. The summed E-state index contributed by atoms with van der Waals surface area (Å²) < 4.78 is 22.0. The standard InChI is InChI=1S/C24H26FN3O2S/c1-2-28-15-24(30-14-23(28)29)7-9-27(10-8-24)13-19-4-3-17(11-20(19)25)18-5-6-22-21(12-18)26-16-31-22/h3-6,11-12,16H,2,7-10,13-15H2,1H3. The lowest BCUT2D eigenvalue weighted by Gasteiger charge is -2.46. The predicted octanol–water partition coefficient (Wildman–Crippen LogP) is 4.32. The van der Waals surface area contributed by atoms with Crippen molar-refractivity contribution < 1.29 is 13.9 Å². The first kappa shape index (κ1) is 20.5. The maximum Gasteiger partial charge on any atom is 0.248 e. The van der Waals surface area contributed by atoms with Crippen LogP contribution in [-0.4, -0.2) is 59.1 Å². The van der Waals surface area contributed by atoms with Crippen LogP contribution in [0, 0.1) is 5.82 Å². The third-order valence-electron chi connectivity index (χ3n) is 6.59. The number of halogens is 1. The molecule has 162 valence electrons. The molecule has 0 aliphatic carbocycles. The molecule has 1 aromatic heterocycles. The average molecular weight is 440 g/mol.